The third kappa shape index (κ3) is 2.69. The maximum absolute atomic E-state index is 12.2. The zero-order valence-corrected chi connectivity index (χ0v) is 11.3. The van der Waals surface area contributed by atoms with Crippen LogP contribution in [0.25, 0.3) is 0 Å². The Balaban J connectivity index is 1.77. The lowest BCUT2D eigenvalue weighted by Gasteiger charge is -2.26. The van der Waals surface area contributed by atoms with Crippen molar-refractivity contribution in [2.45, 2.75) is 19.3 Å². The van der Waals surface area contributed by atoms with Crippen molar-refractivity contribution in [3.05, 3.63) is 53.9 Å². The van der Waals surface area contributed by atoms with Crippen molar-refractivity contribution in [1.29, 1.82) is 0 Å². The third-order valence-corrected chi connectivity index (χ3v) is 3.58. The molecular formula is C16H17N3O. The summed E-state index contributed by atoms with van der Waals surface area (Å²) in [6, 6.07) is 9.22. The van der Waals surface area contributed by atoms with Crippen molar-refractivity contribution < 1.29 is 4.79 Å². The minimum atomic E-state index is -0.0317. The van der Waals surface area contributed by atoms with Crippen LogP contribution in [0.1, 0.15) is 35.2 Å². The fourth-order valence-corrected chi connectivity index (χ4v) is 2.45. The number of rotatable bonds is 3. The number of nitrogens with zero attached hydrogens (tertiary/aromatic N) is 3. The molecule has 0 radical (unpaired) electrons. The van der Waals surface area contributed by atoms with Crippen LogP contribution in [-0.2, 0) is 0 Å². The lowest BCUT2D eigenvalue weighted by atomic mass is 10.1. The van der Waals surface area contributed by atoms with Crippen LogP contribution in [0.5, 0.6) is 0 Å². The van der Waals surface area contributed by atoms with Crippen molar-refractivity contribution >= 4 is 11.7 Å². The number of piperidine rings is 1. The second-order valence-electron chi connectivity index (χ2n) is 5.01. The Morgan fingerprint density at radius 3 is 2.20 bits per heavy atom. The number of carbonyl (C=O) groups excluding carboxylic acids is 1. The number of aromatic nitrogens is 2. The first-order valence-corrected chi connectivity index (χ1v) is 7.01. The second-order valence-corrected chi connectivity index (χ2v) is 5.01. The maximum Gasteiger partial charge on any atom is 0.225 e. The minimum absolute atomic E-state index is 0.0317. The van der Waals surface area contributed by atoms with Crippen LogP contribution >= 0.6 is 0 Å². The van der Waals surface area contributed by atoms with E-state index in [4.69, 9.17) is 0 Å². The summed E-state index contributed by atoms with van der Waals surface area (Å²) in [5, 5.41) is 0. The van der Waals surface area contributed by atoms with Crippen LogP contribution in [0.4, 0.5) is 5.95 Å². The Morgan fingerprint density at radius 2 is 1.55 bits per heavy atom. The van der Waals surface area contributed by atoms with Gasteiger partial charge in [0.25, 0.3) is 0 Å². The summed E-state index contributed by atoms with van der Waals surface area (Å²) in [6.07, 6.45) is 6.92. The highest BCUT2D eigenvalue weighted by Crippen LogP contribution is 2.16. The highest BCUT2D eigenvalue weighted by atomic mass is 16.1. The Hall–Kier alpha value is -2.23. The summed E-state index contributed by atoms with van der Waals surface area (Å²) >= 11 is 0. The molecule has 2 heterocycles. The quantitative estimate of drug-likeness (QED) is 0.802. The molecule has 4 nitrogen and oxygen atoms in total. The summed E-state index contributed by atoms with van der Waals surface area (Å²) in [5.41, 5.74) is 1.21. The highest BCUT2D eigenvalue weighted by molar-refractivity contribution is 6.08. The summed E-state index contributed by atoms with van der Waals surface area (Å²) < 4.78 is 0. The Labute approximate surface area is 118 Å². The third-order valence-electron chi connectivity index (χ3n) is 3.58. The molecule has 4 heteroatoms. The van der Waals surface area contributed by atoms with Gasteiger partial charge in [0.05, 0.1) is 5.56 Å². The molecule has 1 saturated heterocycles. The molecule has 0 atom stereocenters. The van der Waals surface area contributed by atoms with Crippen molar-refractivity contribution in [3.8, 4) is 0 Å². The van der Waals surface area contributed by atoms with Crippen LogP contribution in [0.3, 0.4) is 0 Å². The molecule has 3 rings (SSSR count). The van der Waals surface area contributed by atoms with Crippen molar-refractivity contribution in [2.24, 2.45) is 0 Å². The van der Waals surface area contributed by atoms with E-state index in [1.54, 1.807) is 24.5 Å². The van der Waals surface area contributed by atoms with Gasteiger partial charge >= 0.3 is 0 Å². The van der Waals surface area contributed by atoms with E-state index in [1.165, 1.54) is 19.3 Å². The van der Waals surface area contributed by atoms with E-state index in [0.29, 0.717) is 11.1 Å². The van der Waals surface area contributed by atoms with Gasteiger partial charge in [-0.15, -0.1) is 0 Å². The normalized spacial score (nSPS) is 15.1. The number of hydrogen-bond donors (Lipinski definition) is 0. The zero-order valence-electron chi connectivity index (χ0n) is 11.3. The van der Waals surface area contributed by atoms with Gasteiger partial charge in [0.1, 0.15) is 0 Å². The number of anilines is 1. The maximum atomic E-state index is 12.2. The molecule has 1 aliphatic rings. The van der Waals surface area contributed by atoms with Crippen molar-refractivity contribution in [3.63, 3.8) is 0 Å². The van der Waals surface area contributed by atoms with Gasteiger partial charge in [-0.05, 0) is 19.3 Å². The minimum Gasteiger partial charge on any atom is -0.341 e. The largest absolute Gasteiger partial charge is 0.341 e. The molecule has 20 heavy (non-hydrogen) atoms. The summed E-state index contributed by atoms with van der Waals surface area (Å²) in [4.78, 5) is 23.1. The molecule has 0 saturated carbocycles. The molecule has 1 aromatic carbocycles. The van der Waals surface area contributed by atoms with Gasteiger partial charge in [-0.2, -0.15) is 0 Å². The standard InChI is InChI=1S/C16H17N3O/c20-15(13-7-3-1-4-8-13)14-11-17-16(18-12-14)19-9-5-2-6-10-19/h1,3-4,7-8,11-12H,2,5-6,9-10H2. The Kier molecular flexibility index (Phi) is 3.72. The lowest BCUT2D eigenvalue weighted by molar-refractivity contribution is 0.103. The predicted octanol–water partition coefficient (Wildman–Crippen LogP) is 2.70. The molecule has 102 valence electrons. The number of ketones is 1. The zero-order chi connectivity index (χ0) is 13.8. The van der Waals surface area contributed by atoms with Crippen molar-refractivity contribution in [2.75, 3.05) is 18.0 Å². The van der Waals surface area contributed by atoms with Crippen LogP contribution in [-0.4, -0.2) is 28.8 Å². The molecule has 0 aliphatic carbocycles. The number of hydrogen-bond acceptors (Lipinski definition) is 4. The second kappa shape index (κ2) is 5.82. The van der Waals surface area contributed by atoms with Crippen LogP contribution in [0.15, 0.2) is 42.7 Å². The van der Waals surface area contributed by atoms with Gasteiger partial charge in [0.15, 0.2) is 5.78 Å². The molecular weight excluding hydrogens is 250 g/mol. The van der Waals surface area contributed by atoms with Gasteiger partial charge in [-0.3, -0.25) is 4.79 Å². The molecule has 0 bridgehead atoms. The average Bonchev–Trinajstić information content (AvgIpc) is 2.56. The van der Waals surface area contributed by atoms with Gasteiger partial charge in [-0.1, -0.05) is 30.3 Å². The smallest absolute Gasteiger partial charge is 0.225 e. The van der Waals surface area contributed by atoms with Gasteiger partial charge in [0, 0.05) is 31.0 Å². The molecule has 1 fully saturated rings. The van der Waals surface area contributed by atoms with Gasteiger partial charge < -0.3 is 4.90 Å². The first-order valence-electron chi connectivity index (χ1n) is 7.01. The first-order chi connectivity index (χ1) is 9.84. The van der Waals surface area contributed by atoms with Crippen LogP contribution in [0.2, 0.25) is 0 Å². The Bertz CT molecular complexity index is 574. The van der Waals surface area contributed by atoms with Crippen LogP contribution in [0, 0.1) is 0 Å². The van der Waals surface area contributed by atoms with E-state index in [1.807, 2.05) is 18.2 Å². The Morgan fingerprint density at radius 1 is 0.900 bits per heavy atom. The highest BCUT2D eigenvalue weighted by Gasteiger charge is 2.15. The molecule has 2 aromatic rings. The number of carbonyl (C=O) groups is 1. The van der Waals surface area contributed by atoms with Gasteiger partial charge in [-0.25, -0.2) is 9.97 Å². The van der Waals surface area contributed by atoms with Crippen LogP contribution < -0.4 is 4.90 Å². The summed E-state index contributed by atoms with van der Waals surface area (Å²) in [7, 11) is 0. The SMILES string of the molecule is O=C(c1ccccc1)c1cnc(N2CCCCC2)nc1. The predicted molar refractivity (Wildman–Crippen MR) is 78.0 cm³/mol. The molecule has 1 aliphatic heterocycles. The topological polar surface area (TPSA) is 46.1 Å². The van der Waals surface area contributed by atoms with Gasteiger partial charge in [0.2, 0.25) is 5.95 Å². The molecule has 1 aromatic heterocycles. The molecule has 0 N–H and O–H groups in total. The van der Waals surface area contributed by atoms with E-state index in [2.05, 4.69) is 14.9 Å². The number of benzene rings is 1. The molecule has 0 spiro atoms. The summed E-state index contributed by atoms with van der Waals surface area (Å²) in [6.45, 7) is 2.01. The lowest BCUT2D eigenvalue weighted by Crippen LogP contribution is -2.31. The van der Waals surface area contributed by atoms with E-state index in [-0.39, 0.29) is 5.78 Å². The van der Waals surface area contributed by atoms with Crippen molar-refractivity contribution in [1.82, 2.24) is 9.97 Å². The molecule has 0 unspecified atom stereocenters. The monoisotopic (exact) mass is 267 g/mol. The fraction of sp³-hybridized carbons (Fsp3) is 0.312. The van der Waals surface area contributed by atoms with E-state index < -0.39 is 0 Å². The van der Waals surface area contributed by atoms with E-state index in [9.17, 15) is 4.79 Å². The summed E-state index contributed by atoms with van der Waals surface area (Å²) in [5.74, 6) is 0.699. The fourth-order valence-electron chi connectivity index (χ4n) is 2.45. The van der Waals surface area contributed by atoms with E-state index in [0.717, 1.165) is 19.0 Å². The first kappa shape index (κ1) is 12.8. The average molecular weight is 267 g/mol. The molecule has 0 amide bonds. The van der Waals surface area contributed by atoms with E-state index >= 15 is 0 Å².